The van der Waals surface area contributed by atoms with Crippen LogP contribution >= 0.6 is 0 Å². The minimum Gasteiger partial charge on any atom is -0.497 e. The number of hydrogen-bond acceptors (Lipinski definition) is 5. The molecule has 0 atom stereocenters. The van der Waals surface area contributed by atoms with Crippen LogP contribution in [0.15, 0.2) is 52.9 Å². The highest BCUT2D eigenvalue weighted by Gasteiger charge is 2.10. The van der Waals surface area contributed by atoms with Gasteiger partial charge in [0.1, 0.15) is 5.75 Å². The van der Waals surface area contributed by atoms with Gasteiger partial charge in [-0.25, -0.2) is 0 Å². The maximum absolute atomic E-state index is 12.0. The number of benzene rings is 2. The van der Waals surface area contributed by atoms with Gasteiger partial charge >= 0.3 is 0 Å². The van der Waals surface area contributed by atoms with E-state index >= 15 is 0 Å². The summed E-state index contributed by atoms with van der Waals surface area (Å²) in [6.45, 7) is 2.47. The molecule has 0 saturated carbocycles. The van der Waals surface area contributed by atoms with Crippen LogP contribution in [0.3, 0.4) is 0 Å². The van der Waals surface area contributed by atoms with E-state index in [1.807, 2.05) is 55.5 Å². The Bertz CT molecular complexity index is 872. The van der Waals surface area contributed by atoms with Gasteiger partial charge in [-0.1, -0.05) is 29.8 Å². The summed E-state index contributed by atoms with van der Waals surface area (Å²) < 4.78 is 10.8. The third kappa shape index (κ3) is 4.69. The molecule has 6 nitrogen and oxygen atoms in total. The van der Waals surface area contributed by atoms with Crippen LogP contribution < -0.4 is 10.1 Å². The molecule has 3 rings (SSSR count). The highest BCUT2D eigenvalue weighted by Crippen LogP contribution is 2.18. The number of rotatable bonds is 7. The molecule has 1 aromatic heterocycles. The van der Waals surface area contributed by atoms with Gasteiger partial charge in [0.2, 0.25) is 17.7 Å². The van der Waals surface area contributed by atoms with Gasteiger partial charge in [0.25, 0.3) is 0 Å². The maximum atomic E-state index is 12.0. The summed E-state index contributed by atoms with van der Waals surface area (Å²) in [6.07, 6.45) is 0.697. The molecule has 0 spiro atoms. The minimum absolute atomic E-state index is 0.0668. The number of carbonyl (C=O) groups excluding carboxylic acids is 1. The number of methoxy groups -OCH3 is 1. The summed E-state index contributed by atoms with van der Waals surface area (Å²) in [4.78, 5) is 12.0. The number of hydrogen-bond donors (Lipinski definition) is 1. The zero-order valence-electron chi connectivity index (χ0n) is 14.9. The van der Waals surface area contributed by atoms with E-state index in [9.17, 15) is 4.79 Å². The summed E-state index contributed by atoms with van der Waals surface area (Å²) in [6, 6.07) is 15.5. The maximum Gasteiger partial charge on any atom is 0.247 e. The van der Waals surface area contributed by atoms with Gasteiger partial charge in [-0.3, -0.25) is 4.79 Å². The van der Waals surface area contributed by atoms with Crippen LogP contribution in [0.25, 0.3) is 11.5 Å². The molecule has 3 aromatic rings. The molecule has 0 aliphatic heterocycles. The molecule has 0 saturated heterocycles. The zero-order valence-corrected chi connectivity index (χ0v) is 14.9. The third-order valence-electron chi connectivity index (χ3n) is 3.96. The molecule has 0 radical (unpaired) electrons. The number of ether oxygens (including phenoxy) is 1. The van der Waals surface area contributed by atoms with Gasteiger partial charge in [0, 0.05) is 24.9 Å². The molecular formula is C20H21N3O3. The third-order valence-corrected chi connectivity index (χ3v) is 3.96. The number of nitrogens with one attached hydrogen (secondary N) is 1. The van der Waals surface area contributed by atoms with Gasteiger partial charge in [-0.15, -0.1) is 10.2 Å². The van der Waals surface area contributed by atoms with Crippen LogP contribution in [-0.2, 0) is 17.8 Å². The molecule has 0 unspecified atom stereocenters. The molecule has 26 heavy (non-hydrogen) atoms. The van der Waals surface area contributed by atoms with Crippen molar-refractivity contribution in [3.63, 3.8) is 0 Å². The molecule has 1 N–H and O–H groups in total. The molecule has 2 aromatic carbocycles. The molecule has 1 heterocycles. The fourth-order valence-electron chi connectivity index (χ4n) is 2.46. The Hall–Kier alpha value is -3.15. The van der Waals surface area contributed by atoms with Crippen molar-refractivity contribution in [2.75, 3.05) is 7.11 Å². The van der Waals surface area contributed by atoms with Crippen molar-refractivity contribution >= 4 is 5.91 Å². The number of aryl methyl sites for hydroxylation is 2. The quantitative estimate of drug-likeness (QED) is 0.707. The summed E-state index contributed by atoms with van der Waals surface area (Å²) in [5, 5.41) is 10.9. The highest BCUT2D eigenvalue weighted by atomic mass is 16.5. The molecule has 0 aliphatic rings. The predicted octanol–water partition coefficient (Wildman–Crippen LogP) is 3.30. The Balaban J connectivity index is 1.49. The molecule has 0 aliphatic carbocycles. The van der Waals surface area contributed by atoms with Crippen LogP contribution in [0.5, 0.6) is 5.75 Å². The lowest BCUT2D eigenvalue weighted by Crippen LogP contribution is -2.23. The van der Waals surface area contributed by atoms with Gasteiger partial charge < -0.3 is 14.5 Å². The van der Waals surface area contributed by atoms with Crippen molar-refractivity contribution in [2.45, 2.75) is 26.3 Å². The van der Waals surface area contributed by atoms with E-state index in [0.717, 1.165) is 16.9 Å². The van der Waals surface area contributed by atoms with E-state index in [0.29, 0.717) is 31.2 Å². The smallest absolute Gasteiger partial charge is 0.247 e. The Morgan fingerprint density at radius 1 is 1.15 bits per heavy atom. The van der Waals surface area contributed by atoms with Gasteiger partial charge in [-0.2, -0.15) is 0 Å². The SMILES string of the molecule is COc1cccc(CNC(=O)CCc2nnc(-c3ccc(C)cc3)o2)c1. The van der Waals surface area contributed by atoms with E-state index in [1.165, 1.54) is 5.56 Å². The lowest BCUT2D eigenvalue weighted by molar-refractivity contribution is -0.121. The monoisotopic (exact) mass is 351 g/mol. The number of aromatic nitrogens is 2. The second kappa shape index (κ2) is 8.29. The second-order valence-corrected chi connectivity index (χ2v) is 6.00. The topological polar surface area (TPSA) is 77.2 Å². The summed E-state index contributed by atoms with van der Waals surface area (Å²) >= 11 is 0. The first-order valence-corrected chi connectivity index (χ1v) is 8.43. The molecule has 0 fully saturated rings. The zero-order chi connectivity index (χ0) is 18.4. The van der Waals surface area contributed by atoms with Crippen LogP contribution in [0.1, 0.15) is 23.4 Å². The van der Waals surface area contributed by atoms with Crippen molar-refractivity contribution in [3.8, 4) is 17.2 Å². The fourth-order valence-corrected chi connectivity index (χ4v) is 2.46. The van der Waals surface area contributed by atoms with E-state index < -0.39 is 0 Å². The van der Waals surface area contributed by atoms with Gasteiger partial charge in [0.15, 0.2) is 0 Å². The summed E-state index contributed by atoms with van der Waals surface area (Å²) in [5.74, 6) is 1.63. The van der Waals surface area contributed by atoms with E-state index in [-0.39, 0.29) is 5.91 Å². The average molecular weight is 351 g/mol. The van der Waals surface area contributed by atoms with Crippen LogP contribution in [0, 0.1) is 6.92 Å². The predicted molar refractivity (Wildman–Crippen MR) is 97.6 cm³/mol. The molecule has 6 heteroatoms. The van der Waals surface area contributed by atoms with Crippen molar-refractivity contribution in [2.24, 2.45) is 0 Å². The number of nitrogens with zero attached hydrogens (tertiary/aromatic N) is 2. The number of amides is 1. The van der Waals surface area contributed by atoms with E-state index in [1.54, 1.807) is 7.11 Å². The summed E-state index contributed by atoms with van der Waals surface area (Å²) in [7, 11) is 1.62. The fraction of sp³-hybridized carbons (Fsp3) is 0.250. The first kappa shape index (κ1) is 17.7. The van der Waals surface area contributed by atoms with Crippen LogP contribution in [0.2, 0.25) is 0 Å². The Morgan fingerprint density at radius 2 is 1.96 bits per heavy atom. The standard InChI is InChI=1S/C20H21N3O3/c1-14-6-8-16(9-7-14)20-23-22-19(26-20)11-10-18(24)21-13-15-4-3-5-17(12-15)25-2/h3-9,12H,10-11,13H2,1-2H3,(H,21,24). The largest absolute Gasteiger partial charge is 0.497 e. The van der Waals surface area contributed by atoms with E-state index in [2.05, 4.69) is 15.5 Å². The van der Waals surface area contributed by atoms with E-state index in [4.69, 9.17) is 9.15 Å². The average Bonchev–Trinajstić information content (AvgIpc) is 3.14. The lowest BCUT2D eigenvalue weighted by Gasteiger charge is -2.06. The minimum atomic E-state index is -0.0668. The van der Waals surface area contributed by atoms with Crippen molar-refractivity contribution in [3.05, 3.63) is 65.5 Å². The molecular weight excluding hydrogens is 330 g/mol. The van der Waals surface area contributed by atoms with Crippen molar-refractivity contribution in [1.82, 2.24) is 15.5 Å². The van der Waals surface area contributed by atoms with Crippen LogP contribution in [0.4, 0.5) is 0 Å². The Morgan fingerprint density at radius 3 is 2.73 bits per heavy atom. The molecule has 1 amide bonds. The Kier molecular flexibility index (Phi) is 5.63. The summed E-state index contributed by atoms with van der Waals surface area (Å²) in [5.41, 5.74) is 3.02. The van der Waals surface area contributed by atoms with Gasteiger partial charge in [-0.05, 0) is 36.8 Å². The molecule has 0 bridgehead atoms. The Labute approximate surface area is 152 Å². The highest BCUT2D eigenvalue weighted by molar-refractivity contribution is 5.76. The molecule has 134 valence electrons. The van der Waals surface area contributed by atoms with Crippen molar-refractivity contribution in [1.29, 1.82) is 0 Å². The number of carbonyl (C=O) groups is 1. The first-order valence-electron chi connectivity index (χ1n) is 8.43. The normalized spacial score (nSPS) is 10.5. The first-order chi connectivity index (χ1) is 12.6. The van der Waals surface area contributed by atoms with Gasteiger partial charge in [0.05, 0.1) is 7.11 Å². The second-order valence-electron chi connectivity index (χ2n) is 6.00. The van der Waals surface area contributed by atoms with Crippen LogP contribution in [-0.4, -0.2) is 23.2 Å². The van der Waals surface area contributed by atoms with Crippen molar-refractivity contribution < 1.29 is 13.9 Å². The lowest BCUT2D eigenvalue weighted by atomic mass is 10.1.